The number of hydrogen-bond donors (Lipinski definition) is 1. The number of allylic oxidation sites excluding steroid dienone is 1. The van der Waals surface area contributed by atoms with Crippen molar-refractivity contribution in [3.63, 3.8) is 0 Å². The number of aromatic nitrogens is 2. The topological polar surface area (TPSA) is 61.6 Å². The molecule has 108 valence electrons. The highest BCUT2D eigenvalue weighted by molar-refractivity contribution is 8.06. The fourth-order valence-corrected chi connectivity index (χ4v) is 3.01. The van der Waals surface area contributed by atoms with Crippen LogP contribution in [0.4, 0.5) is 0 Å². The van der Waals surface area contributed by atoms with Crippen LogP contribution in [0.15, 0.2) is 47.0 Å². The SMILES string of the molecule is Cc1ccc(C2=CSC(=C(C#N)c3ccnc(Cl)n3)N2)cc1. The zero-order valence-electron chi connectivity index (χ0n) is 11.7. The second-order valence-corrected chi connectivity index (χ2v) is 5.88. The molecule has 0 bridgehead atoms. The summed E-state index contributed by atoms with van der Waals surface area (Å²) in [7, 11) is 0. The average Bonchev–Trinajstić information content (AvgIpc) is 2.98. The lowest BCUT2D eigenvalue weighted by molar-refractivity contribution is 1.13. The number of thioether (sulfide) groups is 1. The van der Waals surface area contributed by atoms with Crippen molar-refractivity contribution in [1.29, 1.82) is 5.26 Å². The van der Waals surface area contributed by atoms with E-state index in [9.17, 15) is 5.26 Å². The van der Waals surface area contributed by atoms with Gasteiger partial charge in [0, 0.05) is 11.6 Å². The van der Waals surface area contributed by atoms with E-state index in [-0.39, 0.29) is 5.28 Å². The van der Waals surface area contributed by atoms with Crippen LogP contribution in [-0.4, -0.2) is 9.97 Å². The van der Waals surface area contributed by atoms with Crippen molar-refractivity contribution in [1.82, 2.24) is 15.3 Å². The summed E-state index contributed by atoms with van der Waals surface area (Å²) in [6, 6.07) is 12.1. The maximum absolute atomic E-state index is 9.44. The second kappa shape index (κ2) is 6.22. The van der Waals surface area contributed by atoms with Gasteiger partial charge in [0.05, 0.1) is 16.4 Å². The summed E-state index contributed by atoms with van der Waals surface area (Å²) in [5.41, 5.74) is 4.21. The minimum Gasteiger partial charge on any atom is -0.348 e. The van der Waals surface area contributed by atoms with Crippen LogP contribution in [0, 0.1) is 18.3 Å². The fourth-order valence-electron chi connectivity index (χ4n) is 1.99. The molecule has 3 rings (SSSR count). The molecule has 1 aliphatic rings. The molecule has 0 aliphatic carbocycles. The van der Waals surface area contributed by atoms with E-state index in [2.05, 4.69) is 33.5 Å². The highest BCUT2D eigenvalue weighted by Gasteiger charge is 2.18. The van der Waals surface area contributed by atoms with E-state index in [0.717, 1.165) is 16.3 Å². The summed E-state index contributed by atoms with van der Waals surface area (Å²) in [5, 5.41) is 15.6. The van der Waals surface area contributed by atoms with Crippen molar-refractivity contribution < 1.29 is 0 Å². The summed E-state index contributed by atoms with van der Waals surface area (Å²) in [4.78, 5) is 7.93. The maximum Gasteiger partial charge on any atom is 0.222 e. The van der Waals surface area contributed by atoms with E-state index in [4.69, 9.17) is 11.6 Å². The highest BCUT2D eigenvalue weighted by Crippen LogP contribution is 2.34. The van der Waals surface area contributed by atoms with Crippen LogP contribution in [0.1, 0.15) is 16.8 Å². The molecule has 0 fully saturated rings. The molecule has 4 nitrogen and oxygen atoms in total. The largest absolute Gasteiger partial charge is 0.348 e. The first-order valence-electron chi connectivity index (χ1n) is 6.51. The van der Waals surface area contributed by atoms with E-state index < -0.39 is 0 Å². The van der Waals surface area contributed by atoms with E-state index in [1.165, 1.54) is 23.5 Å². The van der Waals surface area contributed by atoms with E-state index in [1.54, 1.807) is 6.07 Å². The maximum atomic E-state index is 9.44. The molecular formula is C16H11ClN4S. The Morgan fingerprint density at radius 3 is 2.73 bits per heavy atom. The van der Waals surface area contributed by atoms with Crippen LogP contribution < -0.4 is 5.32 Å². The number of rotatable bonds is 2. The Morgan fingerprint density at radius 1 is 1.27 bits per heavy atom. The molecule has 6 heteroatoms. The van der Waals surface area contributed by atoms with Crippen LogP contribution in [0.25, 0.3) is 11.3 Å². The van der Waals surface area contributed by atoms with Crippen molar-refractivity contribution >= 4 is 34.6 Å². The van der Waals surface area contributed by atoms with Crippen molar-refractivity contribution in [3.05, 3.63) is 69.1 Å². The molecule has 2 aromatic rings. The number of nitrogens with one attached hydrogen (secondary N) is 1. The van der Waals surface area contributed by atoms with Gasteiger partial charge in [-0.2, -0.15) is 5.26 Å². The van der Waals surface area contributed by atoms with Crippen LogP contribution in [0.2, 0.25) is 5.28 Å². The fraction of sp³-hybridized carbons (Fsp3) is 0.0625. The minimum absolute atomic E-state index is 0.126. The standard InChI is InChI=1S/C16H11ClN4S/c1-10-2-4-11(5-3-10)14-9-22-15(20-14)12(8-18)13-6-7-19-16(17)21-13/h2-7,9,20H,1H3. The summed E-state index contributed by atoms with van der Waals surface area (Å²) in [5.74, 6) is 0. The van der Waals surface area contributed by atoms with Gasteiger partial charge in [0.25, 0.3) is 0 Å². The molecular weight excluding hydrogens is 316 g/mol. The lowest BCUT2D eigenvalue weighted by Crippen LogP contribution is -2.07. The van der Waals surface area contributed by atoms with Gasteiger partial charge in [0.1, 0.15) is 11.6 Å². The van der Waals surface area contributed by atoms with Gasteiger partial charge in [0.15, 0.2) is 0 Å². The average molecular weight is 327 g/mol. The van der Waals surface area contributed by atoms with Crippen LogP contribution >= 0.6 is 23.4 Å². The molecule has 1 aromatic heterocycles. The molecule has 0 atom stereocenters. The van der Waals surface area contributed by atoms with Crippen molar-refractivity contribution in [3.8, 4) is 6.07 Å². The van der Waals surface area contributed by atoms with E-state index in [0.29, 0.717) is 11.3 Å². The zero-order valence-corrected chi connectivity index (χ0v) is 13.2. The Morgan fingerprint density at radius 2 is 2.05 bits per heavy atom. The minimum atomic E-state index is 0.126. The van der Waals surface area contributed by atoms with Gasteiger partial charge in [-0.25, -0.2) is 9.97 Å². The molecule has 0 radical (unpaired) electrons. The van der Waals surface area contributed by atoms with Gasteiger partial charge in [0.2, 0.25) is 5.28 Å². The highest BCUT2D eigenvalue weighted by atomic mass is 35.5. The Bertz CT molecular complexity index is 819. The molecule has 1 aromatic carbocycles. The number of aryl methyl sites for hydroxylation is 1. The summed E-state index contributed by atoms with van der Waals surface area (Å²) >= 11 is 7.26. The molecule has 22 heavy (non-hydrogen) atoms. The van der Waals surface area contributed by atoms with Crippen LogP contribution in [-0.2, 0) is 0 Å². The molecule has 2 heterocycles. The Hall–Kier alpha value is -2.29. The Kier molecular flexibility index (Phi) is 4.14. The smallest absolute Gasteiger partial charge is 0.222 e. The molecule has 0 amide bonds. The molecule has 0 spiro atoms. The Labute approximate surface area is 137 Å². The van der Waals surface area contributed by atoms with Gasteiger partial charge < -0.3 is 5.32 Å². The van der Waals surface area contributed by atoms with Gasteiger partial charge in [-0.3, -0.25) is 0 Å². The number of halogens is 1. The van der Waals surface area contributed by atoms with Crippen molar-refractivity contribution in [2.75, 3.05) is 0 Å². The normalized spacial score (nSPS) is 15.8. The molecule has 0 saturated carbocycles. The summed E-state index contributed by atoms with van der Waals surface area (Å²) in [6.45, 7) is 2.05. The van der Waals surface area contributed by atoms with Crippen molar-refractivity contribution in [2.45, 2.75) is 6.92 Å². The first kappa shape index (κ1) is 14.6. The number of hydrogen-bond acceptors (Lipinski definition) is 5. The quantitative estimate of drug-likeness (QED) is 0.668. The monoisotopic (exact) mass is 326 g/mol. The first-order chi connectivity index (χ1) is 10.7. The van der Waals surface area contributed by atoms with Gasteiger partial charge in [-0.1, -0.05) is 41.6 Å². The molecule has 1 aliphatic heterocycles. The second-order valence-electron chi connectivity index (χ2n) is 4.67. The number of nitrogens with zero attached hydrogens (tertiary/aromatic N) is 3. The van der Waals surface area contributed by atoms with Gasteiger partial charge in [-0.15, -0.1) is 0 Å². The molecule has 0 unspecified atom stereocenters. The zero-order chi connectivity index (χ0) is 15.5. The van der Waals surface area contributed by atoms with E-state index >= 15 is 0 Å². The number of nitriles is 1. The van der Waals surface area contributed by atoms with Crippen LogP contribution in [0.5, 0.6) is 0 Å². The van der Waals surface area contributed by atoms with Gasteiger partial charge in [-0.05, 0) is 30.2 Å². The predicted molar refractivity (Wildman–Crippen MR) is 89.5 cm³/mol. The number of benzene rings is 1. The van der Waals surface area contributed by atoms with Crippen LogP contribution in [0.3, 0.4) is 0 Å². The Balaban J connectivity index is 1.91. The summed E-state index contributed by atoms with van der Waals surface area (Å²) < 4.78 is 0. The molecule has 0 saturated heterocycles. The lowest BCUT2D eigenvalue weighted by atomic mass is 10.1. The third kappa shape index (κ3) is 2.98. The first-order valence-corrected chi connectivity index (χ1v) is 7.77. The third-order valence-electron chi connectivity index (χ3n) is 3.13. The third-order valence-corrected chi connectivity index (χ3v) is 4.20. The lowest BCUT2D eigenvalue weighted by Gasteiger charge is -2.07. The molecule has 1 N–H and O–H groups in total. The van der Waals surface area contributed by atoms with Gasteiger partial charge >= 0.3 is 0 Å². The predicted octanol–water partition coefficient (Wildman–Crippen LogP) is 3.97. The van der Waals surface area contributed by atoms with Crippen molar-refractivity contribution in [2.24, 2.45) is 0 Å². The van der Waals surface area contributed by atoms with E-state index in [1.807, 2.05) is 24.5 Å². The summed E-state index contributed by atoms with van der Waals surface area (Å²) in [6.07, 6.45) is 1.54.